The summed E-state index contributed by atoms with van der Waals surface area (Å²) in [6, 6.07) is 0. The van der Waals surface area contributed by atoms with E-state index in [4.69, 9.17) is 9.57 Å². The van der Waals surface area contributed by atoms with E-state index in [-0.39, 0.29) is 22.2 Å². The Balaban J connectivity index is 4.28. The van der Waals surface area contributed by atoms with Crippen LogP contribution in [0.2, 0.25) is 0 Å². The van der Waals surface area contributed by atoms with Crippen LogP contribution >= 0.6 is 0 Å². The van der Waals surface area contributed by atoms with Gasteiger partial charge in [-0.2, -0.15) is 0 Å². The Hall–Kier alpha value is -1.62. The number of carbonyl (C=O) groups is 2. The zero-order chi connectivity index (χ0) is 15.8. The molecule has 5 nitrogen and oxygen atoms in total. The first-order valence-electron chi connectivity index (χ1n) is 6.83. The molecule has 0 aliphatic rings. The third-order valence-corrected chi connectivity index (χ3v) is 2.83. The second-order valence-electron chi connectivity index (χ2n) is 5.14. The summed E-state index contributed by atoms with van der Waals surface area (Å²) in [5.74, 6) is -1.02. The molecule has 0 aromatic carbocycles. The third kappa shape index (κ3) is 7.09. The quantitative estimate of drug-likeness (QED) is 0.214. The van der Waals surface area contributed by atoms with Gasteiger partial charge < -0.3 is 4.74 Å². The number of ether oxygens (including phenoxy) is 1. The van der Waals surface area contributed by atoms with Crippen LogP contribution in [0.15, 0.2) is 24.3 Å². The Morgan fingerprint density at radius 1 is 1.05 bits per heavy atom. The predicted molar refractivity (Wildman–Crippen MR) is 77.5 cm³/mol. The van der Waals surface area contributed by atoms with E-state index in [0.29, 0.717) is 13.2 Å². The van der Waals surface area contributed by atoms with Gasteiger partial charge in [-0.05, 0) is 13.3 Å². The van der Waals surface area contributed by atoms with Crippen molar-refractivity contribution in [2.75, 3.05) is 27.2 Å². The Bertz CT molecular complexity index is 385. The lowest BCUT2D eigenvalue weighted by Gasteiger charge is -2.24. The number of rotatable bonds is 9. The van der Waals surface area contributed by atoms with E-state index in [1.807, 2.05) is 13.8 Å². The van der Waals surface area contributed by atoms with E-state index in [2.05, 4.69) is 13.2 Å². The number of quaternary nitrogens is 1. The minimum atomic E-state index is -0.528. The van der Waals surface area contributed by atoms with Crippen molar-refractivity contribution >= 4 is 11.9 Å². The van der Waals surface area contributed by atoms with E-state index in [0.717, 1.165) is 12.8 Å². The van der Waals surface area contributed by atoms with Crippen LogP contribution in [0.4, 0.5) is 0 Å². The monoisotopic (exact) mass is 284 g/mol. The lowest BCUT2D eigenvalue weighted by Crippen LogP contribution is -2.41. The number of unbranched alkanes of at least 4 members (excludes halogenated alkanes) is 1. The lowest BCUT2D eigenvalue weighted by atomic mass is 10.1. The van der Waals surface area contributed by atoms with Crippen LogP contribution in [0.3, 0.4) is 0 Å². The van der Waals surface area contributed by atoms with Gasteiger partial charge in [-0.3, -0.25) is 4.84 Å². The molecule has 114 valence electrons. The van der Waals surface area contributed by atoms with Gasteiger partial charge in [0.2, 0.25) is 0 Å². The van der Waals surface area contributed by atoms with Gasteiger partial charge in [0.05, 0.1) is 6.61 Å². The topological polar surface area (TPSA) is 52.6 Å². The highest BCUT2D eigenvalue weighted by molar-refractivity contribution is 5.93. The molecule has 0 aliphatic heterocycles. The molecule has 0 N–H and O–H groups in total. The lowest BCUT2D eigenvalue weighted by molar-refractivity contribution is -1.06. The summed E-state index contributed by atoms with van der Waals surface area (Å²) >= 11 is 0. The first kappa shape index (κ1) is 18.4. The molecule has 0 unspecified atom stereocenters. The molecule has 0 saturated heterocycles. The molecule has 0 spiro atoms. The Kier molecular flexibility index (Phi) is 7.84. The van der Waals surface area contributed by atoms with Gasteiger partial charge in [-0.15, -0.1) is 4.65 Å². The highest BCUT2D eigenvalue weighted by Crippen LogP contribution is 2.13. The second kappa shape index (κ2) is 8.53. The van der Waals surface area contributed by atoms with Gasteiger partial charge in [-0.25, -0.2) is 9.59 Å². The largest absolute Gasteiger partial charge is 0.462 e. The van der Waals surface area contributed by atoms with Crippen molar-refractivity contribution in [3.8, 4) is 0 Å². The fraction of sp³-hybridized carbons (Fsp3) is 0.600. The minimum absolute atomic E-state index is 0.0630. The van der Waals surface area contributed by atoms with Gasteiger partial charge in [0.1, 0.15) is 20.6 Å². The van der Waals surface area contributed by atoms with Crippen LogP contribution in [-0.4, -0.2) is 43.8 Å². The molecule has 0 aromatic heterocycles. The molecule has 0 heterocycles. The van der Waals surface area contributed by atoms with E-state index >= 15 is 0 Å². The molecule has 0 fully saturated rings. The first-order valence-corrected chi connectivity index (χ1v) is 6.83. The van der Waals surface area contributed by atoms with E-state index in [1.165, 1.54) is 0 Å². The maximum absolute atomic E-state index is 11.8. The van der Waals surface area contributed by atoms with Crippen LogP contribution in [-0.2, 0) is 19.2 Å². The number of esters is 1. The molecule has 0 radical (unpaired) electrons. The SMILES string of the molecule is C=C(CC(=C)C(=O)O[N+](C)(C)CC)C(=O)OCCCC. The summed E-state index contributed by atoms with van der Waals surface area (Å²) in [5, 5.41) is 0. The van der Waals surface area contributed by atoms with E-state index in [9.17, 15) is 9.59 Å². The Morgan fingerprint density at radius 2 is 1.60 bits per heavy atom. The number of hydrogen-bond acceptors (Lipinski definition) is 4. The number of carbonyl (C=O) groups excluding carboxylic acids is 2. The highest BCUT2D eigenvalue weighted by Gasteiger charge is 2.23. The van der Waals surface area contributed by atoms with Crippen LogP contribution in [0.1, 0.15) is 33.1 Å². The van der Waals surface area contributed by atoms with Crippen LogP contribution in [0, 0.1) is 0 Å². The number of nitrogens with zero attached hydrogens (tertiary/aromatic N) is 1. The van der Waals surface area contributed by atoms with Crippen LogP contribution in [0.5, 0.6) is 0 Å². The Labute approximate surface area is 121 Å². The molecular weight excluding hydrogens is 258 g/mol. The normalized spacial score (nSPS) is 10.8. The smallest absolute Gasteiger partial charge is 0.393 e. The predicted octanol–water partition coefficient (Wildman–Crippen LogP) is 2.39. The van der Waals surface area contributed by atoms with Gasteiger partial charge in [0.15, 0.2) is 0 Å². The molecule has 20 heavy (non-hydrogen) atoms. The zero-order valence-electron chi connectivity index (χ0n) is 13.0. The van der Waals surface area contributed by atoms with Crippen molar-refractivity contribution in [1.82, 2.24) is 0 Å². The molecular formula is C15H26NO4+. The van der Waals surface area contributed by atoms with E-state index < -0.39 is 11.9 Å². The van der Waals surface area contributed by atoms with Gasteiger partial charge in [0, 0.05) is 17.6 Å². The summed E-state index contributed by atoms with van der Waals surface area (Å²) in [7, 11) is 3.53. The number of hydroxylamine groups is 3. The molecule has 0 amide bonds. The van der Waals surface area contributed by atoms with Crippen molar-refractivity contribution in [3.63, 3.8) is 0 Å². The minimum Gasteiger partial charge on any atom is -0.462 e. The average molecular weight is 284 g/mol. The fourth-order valence-corrected chi connectivity index (χ4v) is 1.17. The summed E-state index contributed by atoms with van der Waals surface area (Å²) in [6.45, 7) is 12.2. The van der Waals surface area contributed by atoms with Crippen molar-refractivity contribution in [1.29, 1.82) is 0 Å². The van der Waals surface area contributed by atoms with Crippen molar-refractivity contribution in [2.45, 2.75) is 33.1 Å². The van der Waals surface area contributed by atoms with Gasteiger partial charge in [-0.1, -0.05) is 26.5 Å². The fourth-order valence-electron chi connectivity index (χ4n) is 1.17. The number of hydrogen-bond donors (Lipinski definition) is 0. The van der Waals surface area contributed by atoms with Crippen molar-refractivity contribution in [2.24, 2.45) is 0 Å². The maximum Gasteiger partial charge on any atom is 0.393 e. The summed E-state index contributed by atoms with van der Waals surface area (Å²) < 4.78 is 5.11. The van der Waals surface area contributed by atoms with Gasteiger partial charge in [0.25, 0.3) is 0 Å². The summed E-state index contributed by atoms with van der Waals surface area (Å²) in [6.07, 6.45) is 1.82. The summed E-state index contributed by atoms with van der Waals surface area (Å²) in [4.78, 5) is 28.6. The highest BCUT2D eigenvalue weighted by atomic mass is 16.7. The summed E-state index contributed by atoms with van der Waals surface area (Å²) in [5.41, 5.74) is 0.409. The molecule has 0 saturated carbocycles. The molecule has 0 atom stereocenters. The van der Waals surface area contributed by atoms with Crippen LogP contribution in [0.25, 0.3) is 0 Å². The van der Waals surface area contributed by atoms with Crippen molar-refractivity contribution in [3.05, 3.63) is 24.3 Å². The molecule has 0 aliphatic carbocycles. The van der Waals surface area contributed by atoms with E-state index in [1.54, 1.807) is 14.1 Å². The standard InChI is InChI=1S/C15H26NO4/c1-7-9-10-19-14(17)12(3)11-13(4)15(18)20-16(5,6)8-2/h3-4,7-11H2,1-2,5-6H3/q+1. The average Bonchev–Trinajstić information content (AvgIpc) is 2.38. The van der Waals surface area contributed by atoms with Crippen LogP contribution < -0.4 is 0 Å². The first-order chi connectivity index (χ1) is 9.23. The maximum atomic E-state index is 11.8. The van der Waals surface area contributed by atoms with Crippen molar-refractivity contribution < 1.29 is 23.8 Å². The Morgan fingerprint density at radius 3 is 2.10 bits per heavy atom. The molecule has 5 heteroatoms. The third-order valence-electron chi connectivity index (χ3n) is 2.83. The molecule has 0 aromatic rings. The molecule has 0 bridgehead atoms. The molecule has 0 rings (SSSR count). The zero-order valence-corrected chi connectivity index (χ0v) is 13.0. The van der Waals surface area contributed by atoms with Gasteiger partial charge >= 0.3 is 11.9 Å². The second-order valence-corrected chi connectivity index (χ2v) is 5.14.